The van der Waals surface area contributed by atoms with Gasteiger partial charge < -0.3 is 14.6 Å². The molecule has 10 heteroatoms. The van der Waals surface area contributed by atoms with Gasteiger partial charge in [-0.1, -0.05) is 0 Å². The van der Waals surface area contributed by atoms with Gasteiger partial charge in [0.1, 0.15) is 17.3 Å². The van der Waals surface area contributed by atoms with E-state index in [1.54, 1.807) is 37.3 Å². The van der Waals surface area contributed by atoms with E-state index < -0.39 is 22.1 Å². The Bertz CT molecular complexity index is 899. The molecule has 8 nitrogen and oxygen atoms in total. The van der Waals surface area contributed by atoms with Gasteiger partial charge in [-0.3, -0.25) is 0 Å². The van der Waals surface area contributed by atoms with E-state index in [1.807, 2.05) is 0 Å². The molecule has 1 heterocycles. The number of ether oxygens (including phenoxy) is 2. The zero-order valence-electron chi connectivity index (χ0n) is 16.4. The van der Waals surface area contributed by atoms with Crippen molar-refractivity contribution in [2.24, 2.45) is 0 Å². The zero-order valence-corrected chi connectivity index (χ0v) is 18.1. The summed E-state index contributed by atoms with van der Waals surface area (Å²) in [7, 11) is -0.599. The Kier molecular flexibility index (Phi) is 8.45. The number of pyridine rings is 1. The molecule has 2 aromatic rings. The van der Waals surface area contributed by atoms with Crippen molar-refractivity contribution in [1.29, 1.82) is 0 Å². The lowest BCUT2D eigenvalue weighted by atomic mass is 10.2. The number of carbonyl (C=O) groups is 1. The molecule has 29 heavy (non-hydrogen) atoms. The third-order valence-electron chi connectivity index (χ3n) is 3.72. The van der Waals surface area contributed by atoms with Gasteiger partial charge in [0.2, 0.25) is 10.0 Å². The Morgan fingerprint density at radius 2 is 1.90 bits per heavy atom. The van der Waals surface area contributed by atoms with Crippen LogP contribution in [0.25, 0.3) is 0 Å². The van der Waals surface area contributed by atoms with E-state index in [4.69, 9.17) is 9.47 Å². The highest BCUT2D eigenvalue weighted by Crippen LogP contribution is 2.20. The molecule has 0 radical (unpaired) electrons. The van der Waals surface area contributed by atoms with Gasteiger partial charge in [0, 0.05) is 26.0 Å². The number of hydrogen-bond acceptors (Lipinski definition) is 8. The summed E-state index contributed by atoms with van der Waals surface area (Å²) in [6, 6.07) is 9.56. The van der Waals surface area contributed by atoms with Crippen LogP contribution < -0.4 is 4.74 Å². The number of aromatic nitrogens is 1. The topological polar surface area (TPSA) is 106 Å². The van der Waals surface area contributed by atoms with Gasteiger partial charge in [-0.2, -0.15) is 0 Å². The quantitative estimate of drug-likeness (QED) is 0.442. The minimum atomic E-state index is -3.51. The molecule has 1 aromatic carbocycles. The van der Waals surface area contributed by atoms with Crippen molar-refractivity contribution in [2.75, 3.05) is 33.1 Å². The van der Waals surface area contributed by atoms with Gasteiger partial charge in [-0.15, -0.1) is 11.8 Å². The number of rotatable bonds is 10. The Morgan fingerprint density at radius 1 is 1.21 bits per heavy atom. The molecule has 1 atom stereocenters. The summed E-state index contributed by atoms with van der Waals surface area (Å²) in [5.41, 5.74) is 0.432. The van der Waals surface area contributed by atoms with Gasteiger partial charge >= 0.3 is 5.97 Å². The molecule has 0 aliphatic rings. The Labute approximate surface area is 174 Å². The minimum Gasteiger partial charge on any atom is -0.491 e. The fourth-order valence-electron chi connectivity index (χ4n) is 2.14. The van der Waals surface area contributed by atoms with Gasteiger partial charge in [-0.25, -0.2) is 22.5 Å². The zero-order chi connectivity index (χ0) is 21.4. The lowest BCUT2D eigenvalue weighted by Gasteiger charge is -2.13. The van der Waals surface area contributed by atoms with Crippen molar-refractivity contribution in [3.05, 3.63) is 48.2 Å². The van der Waals surface area contributed by atoms with E-state index in [-0.39, 0.29) is 11.5 Å². The first-order valence-electron chi connectivity index (χ1n) is 8.83. The second-order valence-electron chi connectivity index (χ2n) is 6.14. The fraction of sp³-hybridized carbons (Fsp3) is 0.368. The molecule has 0 amide bonds. The van der Waals surface area contributed by atoms with Crippen LogP contribution in [-0.2, 0) is 14.8 Å². The number of benzene rings is 1. The molecule has 0 aliphatic carbocycles. The van der Waals surface area contributed by atoms with Crippen LogP contribution in [0, 0.1) is 0 Å². The van der Waals surface area contributed by atoms with Crippen molar-refractivity contribution < 1.29 is 27.8 Å². The Morgan fingerprint density at radius 3 is 2.45 bits per heavy atom. The number of thioether (sulfide) groups is 1. The van der Waals surface area contributed by atoms with Crippen molar-refractivity contribution in [3.8, 4) is 5.75 Å². The molecule has 1 aromatic heterocycles. The second-order valence-corrected chi connectivity index (χ2v) is 9.33. The van der Waals surface area contributed by atoms with Crippen LogP contribution in [0.5, 0.6) is 5.75 Å². The number of aliphatic hydroxyl groups excluding tert-OH is 1. The molecular formula is C19H24N2O6S2. The smallest absolute Gasteiger partial charge is 0.338 e. The molecule has 0 fully saturated rings. The van der Waals surface area contributed by atoms with Crippen molar-refractivity contribution in [3.63, 3.8) is 0 Å². The van der Waals surface area contributed by atoms with E-state index in [9.17, 15) is 18.3 Å². The molecule has 0 saturated heterocycles. The van der Waals surface area contributed by atoms with Crippen molar-refractivity contribution in [2.45, 2.75) is 22.9 Å². The molecule has 0 aliphatic heterocycles. The number of hydrogen-bond donors (Lipinski definition) is 1. The highest BCUT2D eigenvalue weighted by Gasteiger charge is 2.17. The van der Waals surface area contributed by atoms with Gasteiger partial charge in [-0.05, 0) is 43.3 Å². The van der Waals surface area contributed by atoms with E-state index in [0.29, 0.717) is 28.7 Å². The first-order chi connectivity index (χ1) is 13.7. The maximum absolute atomic E-state index is 12.0. The van der Waals surface area contributed by atoms with E-state index in [1.165, 1.54) is 38.1 Å². The average Bonchev–Trinajstić information content (AvgIpc) is 2.71. The second kappa shape index (κ2) is 10.6. The van der Waals surface area contributed by atoms with Crippen LogP contribution in [0.4, 0.5) is 0 Å². The molecule has 1 N–H and O–H groups in total. The summed E-state index contributed by atoms with van der Waals surface area (Å²) in [6.45, 7) is 2.12. The van der Waals surface area contributed by atoms with E-state index in [0.717, 1.165) is 4.31 Å². The van der Waals surface area contributed by atoms with Crippen molar-refractivity contribution >= 4 is 27.8 Å². The highest BCUT2D eigenvalue weighted by molar-refractivity contribution is 7.99. The first kappa shape index (κ1) is 23.1. The van der Waals surface area contributed by atoms with E-state index in [2.05, 4.69) is 4.98 Å². The number of aliphatic hydroxyl groups is 1. The summed E-state index contributed by atoms with van der Waals surface area (Å²) in [6.07, 6.45) is 0.544. The molecule has 0 unspecified atom stereocenters. The summed E-state index contributed by atoms with van der Waals surface area (Å²) >= 11 is 1.29. The predicted octanol–water partition coefficient (Wildman–Crippen LogP) is 2.04. The predicted molar refractivity (Wildman–Crippen MR) is 110 cm³/mol. The number of esters is 1. The third-order valence-corrected chi connectivity index (χ3v) is 6.61. The normalized spacial score (nSPS) is 12.6. The summed E-state index contributed by atoms with van der Waals surface area (Å²) in [4.78, 5) is 15.8. The minimum absolute atomic E-state index is 0.0683. The van der Waals surface area contributed by atoms with E-state index >= 15 is 0 Å². The fourth-order valence-corrected chi connectivity index (χ4v) is 3.74. The van der Waals surface area contributed by atoms with Gasteiger partial charge in [0.15, 0.2) is 0 Å². The first-order valence-corrected chi connectivity index (χ1v) is 11.3. The third kappa shape index (κ3) is 6.70. The van der Waals surface area contributed by atoms with Crippen LogP contribution in [0.15, 0.2) is 52.5 Å². The molecule has 0 saturated carbocycles. The van der Waals surface area contributed by atoms with Gasteiger partial charge in [0.05, 0.1) is 23.3 Å². The van der Waals surface area contributed by atoms with Crippen LogP contribution in [0.3, 0.4) is 0 Å². The number of carbonyl (C=O) groups excluding carboxylic acids is 1. The maximum atomic E-state index is 12.0. The molecule has 0 bridgehead atoms. The van der Waals surface area contributed by atoms with Crippen LogP contribution >= 0.6 is 11.8 Å². The lowest BCUT2D eigenvalue weighted by Crippen LogP contribution is -2.22. The molecular weight excluding hydrogens is 416 g/mol. The van der Waals surface area contributed by atoms with Crippen molar-refractivity contribution in [1.82, 2.24) is 9.29 Å². The van der Waals surface area contributed by atoms with Crippen LogP contribution in [0.1, 0.15) is 17.3 Å². The molecule has 158 valence electrons. The Balaban J connectivity index is 1.81. The Hall–Kier alpha value is -2.14. The highest BCUT2D eigenvalue weighted by atomic mass is 32.2. The van der Waals surface area contributed by atoms with Crippen LogP contribution in [0.2, 0.25) is 0 Å². The standard InChI is InChI=1S/C19H24N2O6S2/c1-4-26-19(23)14-5-7-16(8-6-14)27-12-15(22)13-28-18-10-9-17(11-20-18)29(24,25)21(2)3/h5-11,15,22H,4,12-13H2,1-3H3/t15-/m0/s1. The number of nitrogens with zero attached hydrogens (tertiary/aromatic N) is 2. The largest absolute Gasteiger partial charge is 0.491 e. The summed E-state index contributed by atoms with van der Waals surface area (Å²) in [5.74, 6) is 0.457. The molecule has 0 spiro atoms. The maximum Gasteiger partial charge on any atom is 0.338 e. The number of sulfonamides is 1. The summed E-state index contributed by atoms with van der Waals surface area (Å²) < 4.78 is 35.6. The van der Waals surface area contributed by atoms with Crippen LogP contribution in [-0.4, -0.2) is 67.9 Å². The monoisotopic (exact) mass is 440 g/mol. The molecule has 2 rings (SSSR count). The summed E-state index contributed by atoms with van der Waals surface area (Å²) in [5, 5.41) is 10.7. The average molecular weight is 441 g/mol. The SMILES string of the molecule is CCOC(=O)c1ccc(OC[C@H](O)CSc2ccc(S(=O)(=O)N(C)C)cn2)cc1. The van der Waals surface area contributed by atoms with Gasteiger partial charge in [0.25, 0.3) is 0 Å². The lowest BCUT2D eigenvalue weighted by molar-refractivity contribution is 0.0526.